The number of carbonyl (C=O) groups is 1. The Bertz CT molecular complexity index is 451. The topological polar surface area (TPSA) is 46.3 Å². The Labute approximate surface area is 105 Å². The molecule has 1 aliphatic rings. The van der Waals surface area contributed by atoms with Gasteiger partial charge in [-0.3, -0.25) is 4.79 Å². The van der Waals surface area contributed by atoms with Crippen LogP contribution in [0.15, 0.2) is 18.2 Å². The maximum atomic E-state index is 13.4. The van der Waals surface area contributed by atoms with Gasteiger partial charge in [0, 0.05) is 18.7 Å². The Morgan fingerprint density at radius 1 is 1.44 bits per heavy atom. The first-order chi connectivity index (χ1) is 8.60. The number of hydrogen-bond acceptors (Lipinski definition) is 2. The number of amides is 1. The summed E-state index contributed by atoms with van der Waals surface area (Å²) in [5.74, 6) is -0.915. The van der Waals surface area contributed by atoms with Gasteiger partial charge in [0.25, 0.3) is 0 Å². The highest BCUT2D eigenvalue weighted by molar-refractivity contribution is 5.79. The molecule has 1 saturated heterocycles. The van der Waals surface area contributed by atoms with Crippen molar-refractivity contribution in [1.82, 2.24) is 4.90 Å². The van der Waals surface area contributed by atoms with E-state index in [4.69, 9.17) is 5.73 Å². The summed E-state index contributed by atoms with van der Waals surface area (Å²) >= 11 is 0. The van der Waals surface area contributed by atoms with Gasteiger partial charge in [0.1, 0.15) is 11.6 Å². The summed E-state index contributed by atoms with van der Waals surface area (Å²) in [5.41, 5.74) is 5.65. The first-order valence-electron chi connectivity index (χ1n) is 6.02. The van der Waals surface area contributed by atoms with Crippen molar-refractivity contribution in [2.75, 3.05) is 19.6 Å². The number of likely N-dealkylation sites (tertiary alicyclic amines) is 1. The van der Waals surface area contributed by atoms with Crippen molar-refractivity contribution < 1.29 is 13.6 Å². The molecule has 0 aromatic heterocycles. The fourth-order valence-electron chi connectivity index (χ4n) is 2.21. The monoisotopic (exact) mass is 254 g/mol. The van der Waals surface area contributed by atoms with Crippen LogP contribution >= 0.6 is 0 Å². The number of benzene rings is 1. The Morgan fingerprint density at radius 2 is 2.22 bits per heavy atom. The minimum Gasteiger partial charge on any atom is -0.342 e. The van der Waals surface area contributed by atoms with Crippen molar-refractivity contribution in [2.24, 2.45) is 11.7 Å². The van der Waals surface area contributed by atoms with Gasteiger partial charge >= 0.3 is 0 Å². The van der Waals surface area contributed by atoms with Crippen LogP contribution in [0.5, 0.6) is 0 Å². The van der Waals surface area contributed by atoms with E-state index in [1.165, 1.54) is 0 Å². The summed E-state index contributed by atoms with van der Waals surface area (Å²) < 4.78 is 26.4. The van der Waals surface area contributed by atoms with E-state index in [0.29, 0.717) is 25.6 Å². The van der Waals surface area contributed by atoms with Gasteiger partial charge in [0.2, 0.25) is 5.91 Å². The van der Waals surface area contributed by atoms with Gasteiger partial charge in [-0.1, -0.05) is 0 Å². The molecule has 1 atom stereocenters. The lowest BCUT2D eigenvalue weighted by molar-refractivity contribution is -0.129. The van der Waals surface area contributed by atoms with E-state index in [2.05, 4.69) is 0 Å². The minimum atomic E-state index is -0.542. The lowest BCUT2D eigenvalue weighted by atomic mass is 10.1. The van der Waals surface area contributed by atoms with Crippen LogP contribution in [0.4, 0.5) is 8.78 Å². The SMILES string of the molecule is NC[C@@H]1CCN(C(=O)Cc2cc(F)ccc2F)C1. The Hall–Kier alpha value is -1.49. The molecule has 1 aromatic carbocycles. The highest BCUT2D eigenvalue weighted by Gasteiger charge is 2.25. The summed E-state index contributed by atoms with van der Waals surface area (Å²) in [6.45, 7) is 1.82. The smallest absolute Gasteiger partial charge is 0.227 e. The summed E-state index contributed by atoms with van der Waals surface area (Å²) in [4.78, 5) is 13.6. The van der Waals surface area contributed by atoms with Crippen molar-refractivity contribution in [3.63, 3.8) is 0 Å². The second-order valence-electron chi connectivity index (χ2n) is 4.64. The number of rotatable bonds is 3. The van der Waals surface area contributed by atoms with E-state index < -0.39 is 11.6 Å². The summed E-state index contributed by atoms with van der Waals surface area (Å²) in [7, 11) is 0. The van der Waals surface area contributed by atoms with E-state index in [-0.39, 0.29) is 17.9 Å². The van der Waals surface area contributed by atoms with Crippen molar-refractivity contribution in [1.29, 1.82) is 0 Å². The number of hydrogen-bond donors (Lipinski definition) is 1. The zero-order chi connectivity index (χ0) is 13.1. The largest absolute Gasteiger partial charge is 0.342 e. The van der Waals surface area contributed by atoms with Crippen LogP contribution in [0.3, 0.4) is 0 Å². The van der Waals surface area contributed by atoms with Gasteiger partial charge < -0.3 is 10.6 Å². The molecular formula is C13H16F2N2O. The van der Waals surface area contributed by atoms with Gasteiger partial charge in [-0.05, 0) is 37.1 Å². The Morgan fingerprint density at radius 3 is 2.89 bits per heavy atom. The second kappa shape index (κ2) is 5.44. The molecule has 0 aliphatic carbocycles. The average molecular weight is 254 g/mol. The molecule has 98 valence electrons. The van der Waals surface area contributed by atoms with Gasteiger partial charge in [-0.2, -0.15) is 0 Å². The third-order valence-corrected chi connectivity index (χ3v) is 3.32. The van der Waals surface area contributed by atoms with Gasteiger partial charge in [0.15, 0.2) is 0 Å². The van der Waals surface area contributed by atoms with E-state index >= 15 is 0 Å². The molecule has 1 aromatic rings. The van der Waals surface area contributed by atoms with E-state index in [1.807, 2.05) is 0 Å². The molecule has 1 amide bonds. The summed E-state index contributed by atoms with van der Waals surface area (Å²) in [5, 5.41) is 0. The molecule has 0 unspecified atom stereocenters. The van der Waals surface area contributed by atoms with Gasteiger partial charge in [-0.15, -0.1) is 0 Å². The molecule has 1 heterocycles. The summed E-state index contributed by atoms with van der Waals surface area (Å²) in [6.07, 6.45) is 0.786. The number of nitrogens with two attached hydrogens (primary N) is 1. The molecule has 5 heteroatoms. The first-order valence-corrected chi connectivity index (χ1v) is 6.02. The lowest BCUT2D eigenvalue weighted by Gasteiger charge is -2.16. The normalized spacial score (nSPS) is 19.3. The number of halogens is 2. The molecule has 18 heavy (non-hydrogen) atoms. The van der Waals surface area contributed by atoms with Gasteiger partial charge in [0.05, 0.1) is 6.42 Å². The quantitative estimate of drug-likeness (QED) is 0.884. The standard InChI is InChI=1S/C13H16F2N2O/c14-11-1-2-12(15)10(5-11)6-13(18)17-4-3-9(7-16)8-17/h1-2,5,9H,3-4,6-8,16H2/t9-/m0/s1. The molecule has 2 N–H and O–H groups in total. The number of nitrogens with zero attached hydrogens (tertiary/aromatic N) is 1. The molecular weight excluding hydrogens is 238 g/mol. The van der Waals surface area contributed by atoms with Gasteiger partial charge in [-0.25, -0.2) is 8.78 Å². The predicted octanol–water partition coefficient (Wildman–Crippen LogP) is 1.31. The van der Waals surface area contributed by atoms with E-state index in [0.717, 1.165) is 24.6 Å². The third kappa shape index (κ3) is 2.85. The Balaban J connectivity index is 2.01. The summed E-state index contributed by atoms with van der Waals surface area (Å²) in [6, 6.07) is 3.16. The first kappa shape index (κ1) is 13.0. The van der Waals surface area contributed by atoms with Crippen LogP contribution in [-0.2, 0) is 11.2 Å². The van der Waals surface area contributed by atoms with Crippen molar-refractivity contribution in [3.05, 3.63) is 35.4 Å². The van der Waals surface area contributed by atoms with Crippen molar-refractivity contribution >= 4 is 5.91 Å². The van der Waals surface area contributed by atoms with Crippen LogP contribution in [0.2, 0.25) is 0 Å². The Kier molecular flexibility index (Phi) is 3.91. The molecule has 1 aliphatic heterocycles. The third-order valence-electron chi connectivity index (χ3n) is 3.32. The zero-order valence-corrected chi connectivity index (χ0v) is 10.0. The van der Waals surface area contributed by atoms with Crippen LogP contribution in [0.25, 0.3) is 0 Å². The second-order valence-corrected chi connectivity index (χ2v) is 4.64. The highest BCUT2D eigenvalue weighted by atomic mass is 19.1. The number of carbonyl (C=O) groups excluding carboxylic acids is 1. The molecule has 0 radical (unpaired) electrons. The van der Waals surface area contributed by atoms with Crippen LogP contribution in [0.1, 0.15) is 12.0 Å². The average Bonchev–Trinajstić information content (AvgIpc) is 2.82. The fraction of sp³-hybridized carbons (Fsp3) is 0.462. The highest BCUT2D eigenvalue weighted by Crippen LogP contribution is 2.17. The molecule has 2 rings (SSSR count). The molecule has 0 saturated carbocycles. The minimum absolute atomic E-state index is 0.0963. The van der Waals surface area contributed by atoms with Crippen LogP contribution in [-0.4, -0.2) is 30.4 Å². The van der Waals surface area contributed by atoms with Crippen molar-refractivity contribution in [3.8, 4) is 0 Å². The van der Waals surface area contributed by atoms with E-state index in [1.54, 1.807) is 4.90 Å². The fourth-order valence-corrected chi connectivity index (χ4v) is 2.21. The molecule has 0 bridgehead atoms. The van der Waals surface area contributed by atoms with Crippen LogP contribution in [0, 0.1) is 17.6 Å². The zero-order valence-electron chi connectivity index (χ0n) is 10.0. The molecule has 1 fully saturated rings. The molecule has 3 nitrogen and oxygen atoms in total. The van der Waals surface area contributed by atoms with Crippen LogP contribution < -0.4 is 5.73 Å². The molecule has 0 spiro atoms. The maximum absolute atomic E-state index is 13.4. The van der Waals surface area contributed by atoms with E-state index in [9.17, 15) is 13.6 Å². The van der Waals surface area contributed by atoms with Crippen molar-refractivity contribution in [2.45, 2.75) is 12.8 Å². The maximum Gasteiger partial charge on any atom is 0.227 e. The lowest BCUT2D eigenvalue weighted by Crippen LogP contribution is -2.31. The predicted molar refractivity (Wildman–Crippen MR) is 63.8 cm³/mol.